The number of aromatic nitrogens is 2. The second-order valence-corrected chi connectivity index (χ2v) is 5.66. The predicted molar refractivity (Wildman–Crippen MR) is 66.8 cm³/mol. The van der Waals surface area contributed by atoms with Crippen molar-refractivity contribution in [1.29, 1.82) is 0 Å². The largest absolute Gasteiger partial charge is 0.328 e. The van der Waals surface area contributed by atoms with Crippen LogP contribution in [0, 0.1) is 5.92 Å². The minimum Gasteiger partial charge on any atom is -0.299 e. The molecule has 0 unspecified atom stereocenters. The quantitative estimate of drug-likeness (QED) is 0.762. The molecule has 8 heteroatoms. The molecule has 1 aromatic rings. The summed E-state index contributed by atoms with van der Waals surface area (Å²) in [4.78, 5) is 24.3. The Bertz CT molecular complexity index is 625. The highest BCUT2D eigenvalue weighted by Crippen LogP contribution is 2.09. The molecule has 102 valence electrons. The summed E-state index contributed by atoms with van der Waals surface area (Å²) in [5, 5.41) is 4.91. The molecule has 0 fully saturated rings. The van der Waals surface area contributed by atoms with Crippen molar-refractivity contribution in [2.45, 2.75) is 38.1 Å². The van der Waals surface area contributed by atoms with Crippen molar-refractivity contribution in [3.63, 3.8) is 0 Å². The molecule has 1 aromatic heterocycles. The van der Waals surface area contributed by atoms with Crippen LogP contribution in [0.15, 0.2) is 20.7 Å². The number of nitrogens with two attached hydrogens (primary N) is 1. The topological polar surface area (TPSA) is 115 Å². The lowest BCUT2D eigenvalue weighted by molar-refractivity contribution is 0.404. The lowest BCUT2D eigenvalue weighted by Gasteiger charge is -2.14. The zero-order valence-corrected chi connectivity index (χ0v) is 11.2. The molecule has 0 radical (unpaired) electrons. The summed E-state index contributed by atoms with van der Waals surface area (Å²) in [5.74, 6) is 0.238. The van der Waals surface area contributed by atoms with Crippen LogP contribution in [0.4, 0.5) is 0 Å². The Labute approximate surface area is 105 Å². The van der Waals surface area contributed by atoms with Crippen LogP contribution in [0.1, 0.15) is 26.7 Å². The number of H-pyrrole nitrogens is 1. The number of nitrogens with one attached hydrogen (secondary N) is 1. The Morgan fingerprint density at radius 3 is 2.33 bits per heavy atom. The number of sulfonamides is 1. The fourth-order valence-corrected chi connectivity index (χ4v) is 2.24. The third kappa shape index (κ3) is 3.30. The van der Waals surface area contributed by atoms with E-state index in [1.165, 1.54) is 4.57 Å². The van der Waals surface area contributed by atoms with Crippen LogP contribution in [-0.4, -0.2) is 18.0 Å². The Kier molecular flexibility index (Phi) is 4.47. The van der Waals surface area contributed by atoms with E-state index in [1.807, 2.05) is 18.8 Å². The summed E-state index contributed by atoms with van der Waals surface area (Å²) < 4.78 is 23.5. The average Bonchev–Trinajstić information content (AvgIpc) is 2.26. The van der Waals surface area contributed by atoms with E-state index in [0.717, 1.165) is 19.0 Å². The molecule has 1 heterocycles. The SMILES string of the molecule is CCC(CC)Cn1cc(S(N)(=O)=O)c(=O)[nH]c1=O. The van der Waals surface area contributed by atoms with Gasteiger partial charge in [-0.15, -0.1) is 0 Å². The van der Waals surface area contributed by atoms with E-state index in [4.69, 9.17) is 5.14 Å². The number of rotatable bonds is 5. The molecule has 0 aromatic carbocycles. The van der Waals surface area contributed by atoms with Crippen LogP contribution < -0.4 is 16.4 Å². The summed E-state index contributed by atoms with van der Waals surface area (Å²) in [7, 11) is -4.13. The van der Waals surface area contributed by atoms with E-state index < -0.39 is 26.2 Å². The van der Waals surface area contributed by atoms with Crippen molar-refractivity contribution in [3.05, 3.63) is 27.0 Å². The van der Waals surface area contributed by atoms with Crippen LogP contribution in [0.3, 0.4) is 0 Å². The van der Waals surface area contributed by atoms with Crippen molar-refractivity contribution in [2.24, 2.45) is 11.1 Å². The number of aromatic amines is 1. The normalized spacial score (nSPS) is 12.0. The molecule has 0 amide bonds. The summed E-state index contributed by atoms with van der Waals surface area (Å²) in [6, 6.07) is 0. The highest BCUT2D eigenvalue weighted by atomic mass is 32.2. The van der Waals surface area contributed by atoms with Gasteiger partial charge in [0.25, 0.3) is 5.56 Å². The molecular formula is C10H17N3O4S. The summed E-state index contributed by atoms with van der Waals surface area (Å²) in [6.45, 7) is 4.31. The molecule has 3 N–H and O–H groups in total. The van der Waals surface area contributed by atoms with Gasteiger partial charge >= 0.3 is 5.69 Å². The monoisotopic (exact) mass is 275 g/mol. The maximum atomic E-state index is 11.6. The van der Waals surface area contributed by atoms with Gasteiger partial charge in [-0.25, -0.2) is 18.4 Å². The van der Waals surface area contributed by atoms with Crippen LogP contribution in [-0.2, 0) is 16.6 Å². The second kappa shape index (κ2) is 5.49. The van der Waals surface area contributed by atoms with Crippen molar-refractivity contribution in [3.8, 4) is 0 Å². The van der Waals surface area contributed by atoms with Crippen molar-refractivity contribution < 1.29 is 8.42 Å². The molecule has 0 aliphatic rings. The first-order chi connectivity index (χ1) is 8.29. The third-order valence-electron chi connectivity index (χ3n) is 2.89. The zero-order valence-electron chi connectivity index (χ0n) is 10.3. The van der Waals surface area contributed by atoms with Crippen molar-refractivity contribution >= 4 is 10.0 Å². The van der Waals surface area contributed by atoms with E-state index >= 15 is 0 Å². The van der Waals surface area contributed by atoms with Gasteiger partial charge < -0.3 is 0 Å². The molecule has 0 bridgehead atoms. The van der Waals surface area contributed by atoms with Crippen LogP contribution >= 0.6 is 0 Å². The molecule has 0 saturated carbocycles. The van der Waals surface area contributed by atoms with Crippen LogP contribution in [0.2, 0.25) is 0 Å². The van der Waals surface area contributed by atoms with E-state index in [9.17, 15) is 18.0 Å². The fourth-order valence-electron chi connectivity index (χ4n) is 1.65. The highest BCUT2D eigenvalue weighted by molar-refractivity contribution is 7.89. The van der Waals surface area contributed by atoms with Crippen molar-refractivity contribution in [1.82, 2.24) is 9.55 Å². The van der Waals surface area contributed by atoms with E-state index in [2.05, 4.69) is 0 Å². The van der Waals surface area contributed by atoms with Gasteiger partial charge in [0.1, 0.15) is 0 Å². The van der Waals surface area contributed by atoms with Gasteiger partial charge in [-0.3, -0.25) is 14.3 Å². The molecule has 0 aliphatic heterocycles. The smallest absolute Gasteiger partial charge is 0.299 e. The maximum absolute atomic E-state index is 11.6. The second-order valence-electron chi connectivity index (χ2n) is 4.13. The minimum atomic E-state index is -4.13. The van der Waals surface area contributed by atoms with Gasteiger partial charge in [-0.1, -0.05) is 26.7 Å². The lowest BCUT2D eigenvalue weighted by atomic mass is 10.0. The van der Waals surface area contributed by atoms with Gasteiger partial charge in [0, 0.05) is 12.7 Å². The first-order valence-electron chi connectivity index (χ1n) is 5.66. The number of primary sulfonamides is 1. The standard InChI is InChI=1S/C10H17N3O4S/c1-3-7(4-2)5-13-6-8(18(11,16)17)9(14)12-10(13)15/h6-7H,3-5H2,1-2H3,(H2,11,16,17)(H,12,14,15). The molecule has 0 aliphatic carbocycles. The summed E-state index contributed by atoms with van der Waals surface area (Å²) in [5.41, 5.74) is -1.61. The number of nitrogens with zero attached hydrogens (tertiary/aromatic N) is 1. The van der Waals surface area contributed by atoms with Gasteiger partial charge in [-0.2, -0.15) is 0 Å². The lowest BCUT2D eigenvalue weighted by Crippen LogP contribution is -2.35. The Morgan fingerprint density at radius 2 is 1.89 bits per heavy atom. The van der Waals surface area contributed by atoms with Crippen LogP contribution in [0.5, 0.6) is 0 Å². The minimum absolute atomic E-state index is 0.238. The van der Waals surface area contributed by atoms with E-state index in [0.29, 0.717) is 6.54 Å². The fraction of sp³-hybridized carbons (Fsp3) is 0.600. The Hall–Kier alpha value is -1.41. The Morgan fingerprint density at radius 1 is 1.33 bits per heavy atom. The number of hydrogen-bond donors (Lipinski definition) is 2. The third-order valence-corrected chi connectivity index (χ3v) is 3.80. The first kappa shape index (κ1) is 14.7. The predicted octanol–water partition coefficient (Wildman–Crippen LogP) is -0.380. The molecule has 0 atom stereocenters. The zero-order chi connectivity index (χ0) is 13.9. The summed E-state index contributed by atoms with van der Waals surface area (Å²) in [6.07, 6.45) is 2.72. The molecule has 0 saturated heterocycles. The molecular weight excluding hydrogens is 258 g/mol. The average molecular weight is 275 g/mol. The number of hydrogen-bond acceptors (Lipinski definition) is 4. The van der Waals surface area contributed by atoms with Gasteiger partial charge in [-0.05, 0) is 5.92 Å². The van der Waals surface area contributed by atoms with Gasteiger partial charge in [0.05, 0.1) is 0 Å². The molecule has 1 rings (SSSR count). The van der Waals surface area contributed by atoms with Gasteiger partial charge in [0.2, 0.25) is 10.0 Å². The molecule has 18 heavy (non-hydrogen) atoms. The first-order valence-corrected chi connectivity index (χ1v) is 7.20. The van der Waals surface area contributed by atoms with E-state index in [1.54, 1.807) is 0 Å². The summed E-state index contributed by atoms with van der Waals surface area (Å²) >= 11 is 0. The van der Waals surface area contributed by atoms with Gasteiger partial charge in [0.15, 0.2) is 4.90 Å². The molecule has 0 spiro atoms. The Balaban J connectivity index is 3.31. The maximum Gasteiger partial charge on any atom is 0.328 e. The highest BCUT2D eigenvalue weighted by Gasteiger charge is 2.16. The van der Waals surface area contributed by atoms with Crippen molar-refractivity contribution in [2.75, 3.05) is 0 Å². The van der Waals surface area contributed by atoms with E-state index in [-0.39, 0.29) is 5.92 Å². The van der Waals surface area contributed by atoms with Crippen LogP contribution in [0.25, 0.3) is 0 Å². The molecule has 7 nitrogen and oxygen atoms in total.